The van der Waals surface area contributed by atoms with E-state index < -0.39 is 24.0 Å². The molecule has 0 aliphatic rings. The fourth-order valence-electron chi connectivity index (χ4n) is 1.35. The van der Waals surface area contributed by atoms with Crippen LogP contribution in [-0.4, -0.2) is 36.8 Å². The Morgan fingerprint density at radius 2 is 2.20 bits per heavy atom. The Morgan fingerprint density at radius 3 is 2.70 bits per heavy atom. The number of unbranched alkanes of at least 4 members (excludes halogenated alkanes) is 1. The normalized spacial score (nSPS) is 14.6. The molecule has 0 bridgehead atoms. The highest BCUT2D eigenvalue weighted by molar-refractivity contribution is 5.68. The number of amides is 1. The van der Waals surface area contributed by atoms with Crippen LogP contribution in [0.3, 0.4) is 0 Å². The minimum absolute atomic E-state index is 0.447. The van der Waals surface area contributed by atoms with Crippen molar-refractivity contribution in [2.45, 2.75) is 58.0 Å². The number of nitrogens with two attached hydrogens (primary N) is 1. The van der Waals surface area contributed by atoms with Crippen LogP contribution in [0, 0.1) is 11.3 Å². The van der Waals surface area contributed by atoms with Crippen LogP contribution in [0.2, 0.25) is 0 Å². The molecule has 114 valence electrons. The molecule has 0 heterocycles. The zero-order valence-electron chi connectivity index (χ0n) is 12.2. The number of nitriles is 1. The quantitative estimate of drug-likeness (QED) is 0.424. The lowest BCUT2D eigenvalue weighted by atomic mass is 10.1. The summed E-state index contributed by atoms with van der Waals surface area (Å²) in [5.41, 5.74) is 4.27. The van der Waals surface area contributed by atoms with Crippen molar-refractivity contribution in [3.63, 3.8) is 0 Å². The van der Waals surface area contributed by atoms with E-state index in [1.165, 1.54) is 0 Å². The Labute approximate surface area is 119 Å². The molecule has 0 aromatic rings. The van der Waals surface area contributed by atoms with E-state index in [2.05, 4.69) is 10.3 Å². The van der Waals surface area contributed by atoms with Crippen LogP contribution in [0.1, 0.15) is 40.0 Å². The summed E-state index contributed by atoms with van der Waals surface area (Å²) in [5, 5.41) is 11.4. The van der Waals surface area contributed by atoms with Crippen molar-refractivity contribution in [3.05, 3.63) is 0 Å². The maximum atomic E-state index is 12.2. The first-order chi connectivity index (χ1) is 9.24. The topological polar surface area (TPSA) is 100 Å². The molecule has 0 rings (SSSR count). The maximum absolute atomic E-state index is 12.2. The number of alkyl halides is 1. The van der Waals surface area contributed by atoms with Crippen LogP contribution in [0.5, 0.6) is 0 Å². The molecule has 0 aliphatic carbocycles. The van der Waals surface area contributed by atoms with Gasteiger partial charge in [-0.05, 0) is 40.0 Å². The zero-order valence-corrected chi connectivity index (χ0v) is 12.2. The van der Waals surface area contributed by atoms with Gasteiger partial charge in [-0.1, -0.05) is 0 Å². The van der Waals surface area contributed by atoms with Crippen molar-refractivity contribution in [2.24, 2.45) is 10.7 Å². The fraction of sp³-hybridized carbons (Fsp3) is 0.769. The van der Waals surface area contributed by atoms with E-state index in [0.717, 1.165) is 6.21 Å². The molecular weight excluding hydrogens is 263 g/mol. The van der Waals surface area contributed by atoms with Crippen LogP contribution in [0.25, 0.3) is 0 Å². The molecule has 20 heavy (non-hydrogen) atoms. The van der Waals surface area contributed by atoms with E-state index in [4.69, 9.17) is 15.7 Å². The molecule has 6 nitrogen and oxygen atoms in total. The van der Waals surface area contributed by atoms with Crippen LogP contribution < -0.4 is 11.1 Å². The lowest BCUT2D eigenvalue weighted by Crippen LogP contribution is -2.38. The standard InChI is InChI=1S/C13H23FN4O2/c1-13(2,3)20-12(19)18-10(8-15)6-4-5-7-17-9-11(14)16/h9-11H,4-7,16H2,1-3H3,(H,18,19). The second kappa shape index (κ2) is 9.26. The van der Waals surface area contributed by atoms with E-state index in [1.807, 2.05) is 6.07 Å². The maximum Gasteiger partial charge on any atom is 0.408 e. The SMILES string of the molecule is CC(C)(C)OC(=O)NC(C#N)CCCCN=CC(N)F. The molecule has 7 heteroatoms. The predicted molar refractivity (Wildman–Crippen MR) is 75.1 cm³/mol. The molecule has 1 amide bonds. The van der Waals surface area contributed by atoms with Crippen molar-refractivity contribution in [1.29, 1.82) is 5.26 Å². The molecule has 0 aromatic heterocycles. The first kappa shape index (κ1) is 18.3. The largest absolute Gasteiger partial charge is 0.444 e. The number of hydrogen-bond donors (Lipinski definition) is 2. The molecular formula is C13H23FN4O2. The summed E-state index contributed by atoms with van der Waals surface area (Å²) < 4.78 is 17.3. The number of nitrogens with one attached hydrogen (secondary N) is 1. The highest BCUT2D eigenvalue weighted by atomic mass is 19.1. The average molecular weight is 286 g/mol. The second-order valence-corrected chi connectivity index (χ2v) is 5.32. The first-order valence-electron chi connectivity index (χ1n) is 6.53. The van der Waals surface area contributed by atoms with E-state index in [-0.39, 0.29) is 0 Å². The van der Waals surface area contributed by atoms with Crippen molar-refractivity contribution in [3.8, 4) is 6.07 Å². The third kappa shape index (κ3) is 11.4. The lowest BCUT2D eigenvalue weighted by molar-refractivity contribution is 0.0513. The fourth-order valence-corrected chi connectivity index (χ4v) is 1.35. The van der Waals surface area contributed by atoms with Gasteiger partial charge in [0, 0.05) is 12.8 Å². The van der Waals surface area contributed by atoms with Crippen LogP contribution in [0.15, 0.2) is 4.99 Å². The van der Waals surface area contributed by atoms with Crippen LogP contribution in [0.4, 0.5) is 9.18 Å². The number of carbonyl (C=O) groups is 1. The first-order valence-corrected chi connectivity index (χ1v) is 6.53. The number of alkyl carbamates (subject to hydrolysis) is 1. The number of rotatable bonds is 7. The van der Waals surface area contributed by atoms with E-state index in [9.17, 15) is 9.18 Å². The zero-order chi connectivity index (χ0) is 15.6. The third-order valence-corrected chi connectivity index (χ3v) is 2.12. The van der Waals surface area contributed by atoms with Crippen molar-refractivity contribution >= 4 is 12.3 Å². The van der Waals surface area contributed by atoms with Gasteiger partial charge >= 0.3 is 6.09 Å². The van der Waals surface area contributed by atoms with E-state index in [0.29, 0.717) is 25.8 Å². The third-order valence-electron chi connectivity index (χ3n) is 2.12. The molecule has 3 N–H and O–H groups in total. The van der Waals surface area contributed by atoms with Gasteiger partial charge in [-0.2, -0.15) is 5.26 Å². The molecule has 2 unspecified atom stereocenters. The minimum Gasteiger partial charge on any atom is -0.444 e. The highest BCUT2D eigenvalue weighted by Crippen LogP contribution is 2.08. The Hall–Kier alpha value is -1.68. The van der Waals surface area contributed by atoms with Gasteiger partial charge in [0.2, 0.25) is 0 Å². The van der Waals surface area contributed by atoms with Gasteiger partial charge in [0.05, 0.1) is 6.07 Å². The summed E-state index contributed by atoms with van der Waals surface area (Å²) in [6, 6.07) is 1.40. The molecule has 0 fully saturated rings. The number of halogens is 1. The molecule has 0 aliphatic heterocycles. The summed E-state index contributed by atoms with van der Waals surface area (Å²) in [6.45, 7) is 5.70. The number of hydrogen-bond acceptors (Lipinski definition) is 5. The van der Waals surface area contributed by atoms with Gasteiger partial charge in [-0.3, -0.25) is 10.7 Å². The van der Waals surface area contributed by atoms with Crippen molar-refractivity contribution in [2.75, 3.05) is 6.54 Å². The Morgan fingerprint density at radius 1 is 1.55 bits per heavy atom. The second-order valence-electron chi connectivity index (χ2n) is 5.32. The Balaban J connectivity index is 3.89. The van der Waals surface area contributed by atoms with Gasteiger partial charge in [-0.25, -0.2) is 9.18 Å². The van der Waals surface area contributed by atoms with E-state index >= 15 is 0 Å². The average Bonchev–Trinajstić information content (AvgIpc) is 2.29. The van der Waals surface area contributed by atoms with Gasteiger partial charge in [-0.15, -0.1) is 0 Å². The van der Waals surface area contributed by atoms with E-state index in [1.54, 1.807) is 20.8 Å². The molecule has 0 radical (unpaired) electrons. The summed E-state index contributed by atoms with van der Waals surface area (Å²) in [7, 11) is 0. The molecule has 0 aromatic carbocycles. The Bertz CT molecular complexity index is 358. The van der Waals surface area contributed by atoms with Crippen LogP contribution in [-0.2, 0) is 4.74 Å². The summed E-state index contributed by atoms with van der Waals surface area (Å²) in [4.78, 5) is 15.3. The number of carbonyl (C=O) groups excluding carboxylic acids is 1. The van der Waals surface area contributed by atoms with Crippen LogP contribution >= 0.6 is 0 Å². The monoisotopic (exact) mass is 286 g/mol. The summed E-state index contributed by atoms with van der Waals surface area (Å²) in [5.74, 6) is 0. The van der Waals surface area contributed by atoms with Gasteiger partial charge in [0.1, 0.15) is 11.6 Å². The summed E-state index contributed by atoms with van der Waals surface area (Å²) >= 11 is 0. The van der Waals surface area contributed by atoms with Gasteiger partial charge < -0.3 is 10.1 Å². The number of nitrogens with zero attached hydrogens (tertiary/aromatic N) is 2. The molecule has 0 saturated heterocycles. The minimum atomic E-state index is -1.53. The van der Waals surface area contributed by atoms with Crippen molar-refractivity contribution < 1.29 is 13.9 Å². The predicted octanol–water partition coefficient (Wildman–Crippen LogP) is 1.90. The number of aliphatic imine (C=N–C) groups is 1. The highest BCUT2D eigenvalue weighted by Gasteiger charge is 2.18. The Kier molecular flexibility index (Phi) is 8.48. The van der Waals surface area contributed by atoms with Gasteiger partial charge in [0.15, 0.2) is 6.30 Å². The van der Waals surface area contributed by atoms with Gasteiger partial charge in [0.25, 0.3) is 0 Å². The molecule has 2 atom stereocenters. The molecule has 0 saturated carbocycles. The lowest BCUT2D eigenvalue weighted by Gasteiger charge is -2.21. The summed E-state index contributed by atoms with van der Waals surface area (Å²) in [6.07, 6.45) is 0.777. The number of ether oxygens (including phenoxy) is 1. The van der Waals surface area contributed by atoms with Crippen molar-refractivity contribution in [1.82, 2.24) is 5.32 Å². The smallest absolute Gasteiger partial charge is 0.408 e. The molecule has 0 spiro atoms.